The lowest BCUT2D eigenvalue weighted by molar-refractivity contribution is -0.166. The summed E-state index contributed by atoms with van der Waals surface area (Å²) in [5, 5.41) is 27.9. The van der Waals surface area contributed by atoms with Crippen LogP contribution in [0, 0.1) is 5.82 Å². The number of alkyl halides is 6. The average molecular weight is 1030 g/mol. The molecule has 0 radical (unpaired) electrons. The van der Waals surface area contributed by atoms with Gasteiger partial charge in [-0.05, 0) is 93.6 Å². The number of benzene rings is 5. The van der Waals surface area contributed by atoms with E-state index in [2.05, 4.69) is 31.8 Å². The van der Waals surface area contributed by atoms with Crippen LogP contribution in [0.1, 0.15) is 89.7 Å². The van der Waals surface area contributed by atoms with Gasteiger partial charge in [-0.25, -0.2) is 38.7 Å². The number of hydrogen-bond donors (Lipinski definition) is 4. The lowest BCUT2D eigenvalue weighted by Gasteiger charge is -2.15. The summed E-state index contributed by atoms with van der Waals surface area (Å²) >= 11 is 0. The molecule has 0 spiro atoms. The zero-order chi connectivity index (χ0) is 54.4. The summed E-state index contributed by atoms with van der Waals surface area (Å²) in [6, 6.07) is 33.6. The van der Waals surface area contributed by atoms with Crippen molar-refractivity contribution in [2.45, 2.75) is 82.6 Å². The molecule has 7 rings (SSSR count). The number of Topliss-reactive ketones (excluding diaryl/α,β-unsaturated/α-hetero) is 1. The van der Waals surface area contributed by atoms with Gasteiger partial charge in [0, 0.05) is 41.5 Å². The van der Waals surface area contributed by atoms with Gasteiger partial charge in [-0.3, -0.25) is 9.59 Å². The number of aliphatic carboxylic acids is 3. The zero-order valence-corrected chi connectivity index (χ0v) is 39.7. The number of aromatic nitrogens is 4. The average Bonchev–Trinajstić information content (AvgIpc) is 3.36. The summed E-state index contributed by atoms with van der Waals surface area (Å²) in [5.74, 6) is -18.5. The van der Waals surface area contributed by atoms with Crippen LogP contribution in [0.25, 0.3) is 44.6 Å². The Balaban J connectivity index is 0.000000241. The third-order valence-electron chi connectivity index (χ3n) is 11.1. The summed E-state index contributed by atoms with van der Waals surface area (Å²) in [6.45, 7) is 6.21. The minimum atomic E-state index is -3.83. The fraction of sp³-hybridized carbons (Fsp3) is 0.241. The molecule has 2 aromatic heterocycles. The van der Waals surface area contributed by atoms with Crippen LogP contribution in [0.15, 0.2) is 134 Å². The first-order valence-electron chi connectivity index (χ1n) is 22.7. The normalized spacial score (nSPS) is 11.9. The second-order valence-corrected chi connectivity index (χ2v) is 16.7. The van der Waals surface area contributed by atoms with Gasteiger partial charge in [0.05, 0.1) is 50.9 Å². The molecular weight excluding hydrogens is 980 g/mol. The Bertz CT molecular complexity index is 3150. The number of halogens is 7. The van der Waals surface area contributed by atoms with Gasteiger partial charge in [0.2, 0.25) is 0 Å². The molecule has 20 heteroatoms. The Morgan fingerprint density at radius 1 is 0.581 bits per heavy atom. The van der Waals surface area contributed by atoms with E-state index < -0.39 is 54.9 Å². The standard InChI is InChI=1S/C28H24F3N3O3.C21H18F2N2O3.C5H6F2O2/c1-17(18-9-12-21(29)13-10-18)32-26(35)20-11-14-22-24(16-20)33-23(8-5-15-28(30,31)27(36)37)25(34-22)19-6-3-2-4-7-19;1-13(26)15-9-10-16-18(12-15)24-17(8-5-11-21(22,23)20(27)28)19(25-16)14-6-3-2-4-7-14;1-2-3-5(6,7)4(8)9/h2-4,6-7,9-14,16-17H,5,8,15H2,1H3,(H,32,35)(H,36,37);2-4,6-7,9-10,12H,5,8,11H2,1H3,(H,27,28);2H,1,3H2,(H,8,9)/t17-;;/m1../s1. The number of hydrogen-bond acceptors (Lipinski definition) is 9. The molecule has 0 bridgehead atoms. The monoisotopic (exact) mass is 1030 g/mol. The largest absolute Gasteiger partial charge is 0.477 e. The Morgan fingerprint density at radius 2 is 1.00 bits per heavy atom. The summed E-state index contributed by atoms with van der Waals surface area (Å²) in [6.07, 6.45) is -1.53. The van der Waals surface area contributed by atoms with E-state index in [1.807, 2.05) is 60.7 Å². The van der Waals surface area contributed by atoms with Crippen molar-refractivity contribution in [2.24, 2.45) is 0 Å². The van der Waals surface area contributed by atoms with E-state index in [1.165, 1.54) is 19.1 Å². The highest BCUT2D eigenvalue weighted by Crippen LogP contribution is 2.30. The lowest BCUT2D eigenvalue weighted by Crippen LogP contribution is -2.28. The maximum atomic E-state index is 13.6. The predicted molar refractivity (Wildman–Crippen MR) is 261 cm³/mol. The number of amides is 1. The Hall–Kier alpha value is -8.42. The molecule has 5 aromatic carbocycles. The Morgan fingerprint density at radius 3 is 1.39 bits per heavy atom. The van der Waals surface area contributed by atoms with E-state index in [4.69, 9.17) is 15.3 Å². The van der Waals surface area contributed by atoms with Crippen molar-refractivity contribution in [3.8, 4) is 22.5 Å². The maximum absolute atomic E-state index is 13.6. The van der Waals surface area contributed by atoms with Crippen molar-refractivity contribution in [2.75, 3.05) is 0 Å². The SMILES string of the molecule is C=CCC(F)(F)C(=O)O.CC(=O)c1ccc2nc(-c3ccccc3)c(CCCC(F)(F)C(=O)O)nc2c1.C[C@@H](NC(=O)c1ccc2nc(-c3ccccc3)c(CCCC(F)(F)C(=O)O)nc2c1)c1ccc(F)cc1. The smallest absolute Gasteiger partial charge is 0.374 e. The van der Waals surface area contributed by atoms with E-state index in [0.717, 1.165) is 22.8 Å². The zero-order valence-electron chi connectivity index (χ0n) is 39.7. The van der Waals surface area contributed by atoms with Gasteiger partial charge >= 0.3 is 35.7 Å². The second-order valence-electron chi connectivity index (χ2n) is 16.7. The van der Waals surface area contributed by atoms with Gasteiger partial charge in [-0.2, -0.15) is 26.3 Å². The number of carbonyl (C=O) groups is 5. The molecule has 0 saturated carbocycles. The van der Waals surface area contributed by atoms with E-state index >= 15 is 0 Å². The third-order valence-corrected chi connectivity index (χ3v) is 11.1. The fourth-order valence-corrected chi connectivity index (χ4v) is 7.10. The van der Waals surface area contributed by atoms with Crippen LogP contribution < -0.4 is 5.32 Å². The molecule has 7 aromatic rings. The Kier molecular flexibility index (Phi) is 18.9. The van der Waals surface area contributed by atoms with Crippen molar-refractivity contribution >= 4 is 51.7 Å². The molecule has 4 N–H and O–H groups in total. The maximum Gasteiger partial charge on any atom is 0.374 e. The molecule has 1 amide bonds. The van der Waals surface area contributed by atoms with E-state index in [1.54, 1.807) is 55.5 Å². The number of nitrogens with zero attached hydrogens (tertiary/aromatic N) is 4. The van der Waals surface area contributed by atoms with E-state index in [0.29, 0.717) is 56.0 Å². The highest BCUT2D eigenvalue weighted by Gasteiger charge is 2.39. The number of aryl methyl sites for hydroxylation is 2. The molecule has 0 unspecified atom stereocenters. The minimum Gasteiger partial charge on any atom is -0.477 e. The molecule has 0 aliphatic heterocycles. The summed E-state index contributed by atoms with van der Waals surface area (Å²) < 4.78 is 91.0. The number of ketones is 1. The number of carboxylic acids is 3. The highest BCUT2D eigenvalue weighted by molar-refractivity contribution is 5.98. The first kappa shape index (κ1) is 56.5. The number of fused-ring (bicyclic) bond motifs is 2. The topological polar surface area (TPSA) is 210 Å². The van der Waals surface area contributed by atoms with Gasteiger partial charge in [-0.15, -0.1) is 6.58 Å². The third kappa shape index (κ3) is 15.3. The van der Waals surface area contributed by atoms with Crippen LogP contribution in [0.3, 0.4) is 0 Å². The molecule has 0 fully saturated rings. The summed E-state index contributed by atoms with van der Waals surface area (Å²) in [7, 11) is 0. The number of carboxylic acid groups (broad SMARTS) is 3. The minimum absolute atomic E-state index is 0.0638. The number of rotatable bonds is 19. The molecule has 2 heterocycles. The fourth-order valence-electron chi connectivity index (χ4n) is 7.10. The molecular formula is C54H48F7N5O8. The molecule has 1 atom stereocenters. The Labute approximate surface area is 418 Å². The summed E-state index contributed by atoms with van der Waals surface area (Å²) in [4.78, 5) is 74.0. The van der Waals surface area contributed by atoms with E-state index in [-0.39, 0.29) is 49.2 Å². The predicted octanol–water partition coefficient (Wildman–Crippen LogP) is 11.8. The van der Waals surface area contributed by atoms with Crippen molar-refractivity contribution in [1.29, 1.82) is 0 Å². The molecule has 0 aliphatic carbocycles. The van der Waals surface area contributed by atoms with Crippen LogP contribution in [0.4, 0.5) is 30.7 Å². The molecule has 0 saturated heterocycles. The number of carbonyl (C=O) groups excluding carboxylic acids is 2. The van der Waals surface area contributed by atoms with Gasteiger partial charge in [-0.1, -0.05) is 78.9 Å². The quantitative estimate of drug-likeness (QED) is 0.0339. The second kappa shape index (κ2) is 24.8. The van der Waals surface area contributed by atoms with Gasteiger partial charge in [0.15, 0.2) is 5.78 Å². The molecule has 13 nitrogen and oxygen atoms in total. The van der Waals surface area contributed by atoms with E-state index in [9.17, 15) is 54.7 Å². The summed E-state index contributed by atoms with van der Waals surface area (Å²) in [5.41, 5.74) is 7.06. The van der Waals surface area contributed by atoms with Crippen molar-refractivity contribution in [1.82, 2.24) is 25.3 Å². The number of nitrogens with one attached hydrogen (secondary N) is 1. The van der Waals surface area contributed by atoms with Crippen molar-refractivity contribution < 1.29 is 70.0 Å². The van der Waals surface area contributed by atoms with Crippen molar-refractivity contribution in [3.05, 3.63) is 168 Å². The first-order valence-corrected chi connectivity index (χ1v) is 22.7. The highest BCUT2D eigenvalue weighted by atomic mass is 19.3. The number of allylic oxidation sites excluding steroid dienone is 1. The van der Waals surface area contributed by atoms with Crippen LogP contribution >= 0.6 is 0 Å². The first-order chi connectivity index (χ1) is 34.9. The van der Waals surface area contributed by atoms with Crippen molar-refractivity contribution in [3.63, 3.8) is 0 Å². The molecule has 386 valence electrons. The lowest BCUT2D eigenvalue weighted by atomic mass is 10.0. The van der Waals surface area contributed by atoms with Crippen LogP contribution in [-0.2, 0) is 27.2 Å². The van der Waals surface area contributed by atoms with Crippen LogP contribution in [-0.4, -0.2) is 82.6 Å². The molecule has 74 heavy (non-hydrogen) atoms. The van der Waals surface area contributed by atoms with Crippen LogP contribution in [0.2, 0.25) is 0 Å². The van der Waals surface area contributed by atoms with Gasteiger partial charge in [0.1, 0.15) is 5.82 Å². The van der Waals surface area contributed by atoms with Gasteiger partial charge in [0.25, 0.3) is 5.91 Å². The van der Waals surface area contributed by atoms with Gasteiger partial charge < -0.3 is 20.6 Å². The molecule has 0 aliphatic rings. The van der Waals surface area contributed by atoms with Crippen LogP contribution in [0.5, 0.6) is 0 Å².